The minimum atomic E-state index is -3.16. The molecule has 0 spiro atoms. The van der Waals surface area contributed by atoms with E-state index in [9.17, 15) is 13.2 Å². The van der Waals surface area contributed by atoms with Crippen molar-refractivity contribution in [1.29, 1.82) is 0 Å². The summed E-state index contributed by atoms with van der Waals surface area (Å²) in [6.45, 7) is 0.444. The largest absolute Gasteiger partial charge is 0.493 e. The number of carbonyl (C=O) groups excluding carboxylic acids is 1. The fourth-order valence-electron chi connectivity index (χ4n) is 4.62. The monoisotopic (exact) mass is 552 g/mol. The van der Waals surface area contributed by atoms with E-state index in [1.165, 1.54) is 11.8 Å². The van der Waals surface area contributed by atoms with Crippen molar-refractivity contribution in [2.45, 2.75) is 24.3 Å². The maximum Gasteiger partial charge on any atom is 0.252 e. The molecule has 2 saturated heterocycles. The van der Waals surface area contributed by atoms with Gasteiger partial charge in [0.1, 0.15) is 12.4 Å². The van der Waals surface area contributed by atoms with E-state index < -0.39 is 9.84 Å². The number of hydrogen-bond donors (Lipinski definition) is 0. The summed E-state index contributed by atoms with van der Waals surface area (Å²) in [5.74, 6) is 1.59. The van der Waals surface area contributed by atoms with Gasteiger partial charge in [-0.05, 0) is 47.5 Å². The molecular formula is C28H28N2O6S2. The Morgan fingerprint density at radius 3 is 2.39 bits per heavy atom. The highest BCUT2D eigenvalue weighted by molar-refractivity contribution is 8.16. The molecule has 2 heterocycles. The Balaban J connectivity index is 1.35. The average Bonchev–Trinajstić information content (AvgIpc) is 3.38. The Labute approximate surface area is 226 Å². The molecule has 1 amide bonds. The minimum Gasteiger partial charge on any atom is -0.493 e. The average molecular weight is 553 g/mol. The molecule has 198 valence electrons. The normalized spacial score (nSPS) is 20.8. The standard InChI is InChI=1S/C28H28N2O6S2/c1-34-24-13-8-20(14-25(24)35-2)15-27(31)29-28-30(23-17-38(32,33)18-26(23)37-28)21-9-11-22(12-10-21)36-16-19-6-4-3-5-7-19/h3-14,23,26H,15-18H2,1-2H3/t23-,26+/m0/s1. The first-order valence-electron chi connectivity index (χ1n) is 12.1. The number of aliphatic imine (C=N–C) groups is 1. The molecule has 0 radical (unpaired) electrons. The van der Waals surface area contributed by atoms with Crippen molar-refractivity contribution in [3.63, 3.8) is 0 Å². The van der Waals surface area contributed by atoms with Gasteiger partial charge in [-0.1, -0.05) is 48.2 Å². The van der Waals surface area contributed by atoms with Crippen LogP contribution < -0.4 is 19.1 Å². The van der Waals surface area contributed by atoms with Crippen molar-refractivity contribution in [3.05, 3.63) is 83.9 Å². The summed E-state index contributed by atoms with van der Waals surface area (Å²) < 4.78 is 41.3. The maximum absolute atomic E-state index is 13.0. The zero-order valence-electron chi connectivity index (χ0n) is 21.1. The van der Waals surface area contributed by atoms with E-state index in [0.29, 0.717) is 29.0 Å². The third-order valence-electron chi connectivity index (χ3n) is 6.45. The van der Waals surface area contributed by atoms with E-state index in [2.05, 4.69) is 4.99 Å². The number of rotatable bonds is 8. The number of thioether (sulfide) groups is 1. The van der Waals surface area contributed by atoms with Gasteiger partial charge in [-0.3, -0.25) is 4.79 Å². The van der Waals surface area contributed by atoms with Crippen molar-refractivity contribution in [2.75, 3.05) is 30.6 Å². The highest BCUT2D eigenvalue weighted by atomic mass is 32.2. The number of methoxy groups -OCH3 is 2. The van der Waals surface area contributed by atoms with Crippen LogP contribution in [0.2, 0.25) is 0 Å². The summed E-state index contributed by atoms with van der Waals surface area (Å²) in [7, 11) is -0.0632. The molecule has 5 rings (SSSR count). The SMILES string of the molecule is COc1ccc(CC(=O)N=C2S[C@@H]3CS(=O)(=O)C[C@@H]3N2c2ccc(OCc3ccccc3)cc2)cc1OC. The van der Waals surface area contributed by atoms with E-state index >= 15 is 0 Å². The lowest BCUT2D eigenvalue weighted by Crippen LogP contribution is -2.37. The van der Waals surface area contributed by atoms with E-state index in [1.54, 1.807) is 32.4 Å². The number of fused-ring (bicyclic) bond motifs is 1. The zero-order chi connectivity index (χ0) is 26.7. The third-order valence-corrected chi connectivity index (χ3v) is 9.66. The molecule has 2 atom stereocenters. The lowest BCUT2D eigenvalue weighted by Gasteiger charge is -2.24. The van der Waals surface area contributed by atoms with Gasteiger partial charge in [0, 0.05) is 10.9 Å². The highest BCUT2D eigenvalue weighted by Crippen LogP contribution is 2.41. The number of anilines is 1. The number of carbonyl (C=O) groups is 1. The van der Waals surface area contributed by atoms with Gasteiger partial charge in [-0.25, -0.2) is 8.42 Å². The quantitative estimate of drug-likeness (QED) is 0.412. The summed E-state index contributed by atoms with van der Waals surface area (Å²) in [6.07, 6.45) is 0.0815. The van der Waals surface area contributed by atoms with Crippen LogP contribution in [-0.4, -0.2) is 56.5 Å². The molecule has 2 aliphatic rings. The molecule has 8 nitrogen and oxygen atoms in total. The van der Waals surface area contributed by atoms with Gasteiger partial charge in [-0.2, -0.15) is 4.99 Å². The van der Waals surface area contributed by atoms with E-state index in [4.69, 9.17) is 14.2 Å². The zero-order valence-corrected chi connectivity index (χ0v) is 22.7. The molecule has 3 aromatic rings. The molecule has 2 fully saturated rings. The van der Waals surface area contributed by atoms with E-state index in [-0.39, 0.29) is 35.1 Å². The number of ether oxygens (including phenoxy) is 3. The second-order valence-electron chi connectivity index (χ2n) is 9.09. The molecule has 2 aliphatic heterocycles. The second kappa shape index (κ2) is 11.1. The number of benzene rings is 3. The minimum absolute atomic E-state index is 0.0276. The summed E-state index contributed by atoms with van der Waals surface area (Å²) in [4.78, 5) is 19.3. The number of nitrogens with zero attached hydrogens (tertiary/aromatic N) is 2. The Morgan fingerprint density at radius 1 is 0.947 bits per heavy atom. The predicted octanol–water partition coefficient (Wildman–Crippen LogP) is 4.13. The molecular weight excluding hydrogens is 524 g/mol. The van der Waals surface area contributed by atoms with Crippen molar-refractivity contribution < 1.29 is 27.4 Å². The third kappa shape index (κ3) is 5.81. The van der Waals surface area contributed by atoms with Gasteiger partial charge in [0.2, 0.25) is 0 Å². The van der Waals surface area contributed by atoms with Crippen molar-refractivity contribution in [1.82, 2.24) is 0 Å². The van der Waals surface area contributed by atoms with Crippen LogP contribution in [0.1, 0.15) is 11.1 Å². The second-order valence-corrected chi connectivity index (χ2v) is 12.5. The van der Waals surface area contributed by atoms with Gasteiger partial charge in [-0.15, -0.1) is 0 Å². The Bertz CT molecular complexity index is 1440. The van der Waals surface area contributed by atoms with Crippen LogP contribution in [0.25, 0.3) is 0 Å². The molecule has 0 unspecified atom stereocenters. The van der Waals surface area contributed by atoms with Crippen LogP contribution >= 0.6 is 11.8 Å². The molecule has 3 aromatic carbocycles. The fourth-order valence-corrected chi connectivity index (χ4v) is 8.55. The molecule has 0 N–H and O–H groups in total. The molecule has 0 saturated carbocycles. The smallest absolute Gasteiger partial charge is 0.252 e. The Hall–Kier alpha value is -3.50. The number of amidine groups is 1. The van der Waals surface area contributed by atoms with Gasteiger partial charge in [0.05, 0.1) is 38.2 Å². The Morgan fingerprint density at radius 2 is 1.68 bits per heavy atom. The summed E-state index contributed by atoms with van der Waals surface area (Å²) in [5.41, 5.74) is 2.58. The fraction of sp³-hybridized carbons (Fsp3) is 0.286. The van der Waals surface area contributed by atoms with Gasteiger partial charge < -0.3 is 19.1 Å². The van der Waals surface area contributed by atoms with Crippen LogP contribution in [0.4, 0.5) is 5.69 Å². The van der Waals surface area contributed by atoms with Gasteiger partial charge in [0.15, 0.2) is 26.5 Å². The Kier molecular flexibility index (Phi) is 7.62. The molecule has 0 bridgehead atoms. The number of sulfone groups is 1. The van der Waals surface area contributed by atoms with Gasteiger partial charge in [0.25, 0.3) is 5.91 Å². The highest BCUT2D eigenvalue weighted by Gasteiger charge is 2.49. The van der Waals surface area contributed by atoms with Crippen LogP contribution in [0.15, 0.2) is 77.8 Å². The topological polar surface area (TPSA) is 94.5 Å². The van der Waals surface area contributed by atoms with Crippen molar-refractivity contribution >= 4 is 38.4 Å². The first kappa shape index (κ1) is 26.1. The molecule has 38 heavy (non-hydrogen) atoms. The summed E-state index contributed by atoms with van der Waals surface area (Å²) >= 11 is 1.35. The molecule has 0 aliphatic carbocycles. The van der Waals surface area contributed by atoms with Crippen LogP contribution in [0.5, 0.6) is 17.2 Å². The van der Waals surface area contributed by atoms with Crippen LogP contribution in [0.3, 0.4) is 0 Å². The lowest BCUT2D eigenvalue weighted by atomic mass is 10.1. The molecule has 0 aromatic heterocycles. The van der Waals surface area contributed by atoms with E-state index in [1.807, 2.05) is 59.5 Å². The molecule has 10 heteroatoms. The van der Waals surface area contributed by atoms with Gasteiger partial charge >= 0.3 is 0 Å². The lowest BCUT2D eigenvalue weighted by molar-refractivity contribution is -0.117. The first-order valence-corrected chi connectivity index (χ1v) is 14.8. The summed E-state index contributed by atoms with van der Waals surface area (Å²) in [5, 5.41) is 0.333. The summed E-state index contributed by atoms with van der Waals surface area (Å²) in [6, 6.07) is 22.4. The number of hydrogen-bond acceptors (Lipinski definition) is 7. The number of amides is 1. The maximum atomic E-state index is 13.0. The van der Waals surface area contributed by atoms with Crippen molar-refractivity contribution in [3.8, 4) is 17.2 Å². The van der Waals surface area contributed by atoms with Crippen molar-refractivity contribution in [2.24, 2.45) is 4.99 Å². The van der Waals surface area contributed by atoms with E-state index in [0.717, 1.165) is 16.8 Å². The van der Waals surface area contributed by atoms with Crippen LogP contribution in [-0.2, 0) is 27.7 Å². The van der Waals surface area contributed by atoms with Crippen LogP contribution in [0, 0.1) is 0 Å². The predicted molar refractivity (Wildman–Crippen MR) is 149 cm³/mol. The first-order chi connectivity index (χ1) is 18.3.